The first-order valence-corrected chi connectivity index (χ1v) is 14.3. The molecule has 43 heavy (non-hydrogen) atoms. The quantitative estimate of drug-likeness (QED) is 0.103. The van der Waals surface area contributed by atoms with E-state index >= 15 is 0 Å². The summed E-state index contributed by atoms with van der Waals surface area (Å²) in [6.45, 7) is 7.07. The number of fused-ring (bicyclic) bond motifs is 1. The molecule has 0 bridgehead atoms. The Morgan fingerprint density at radius 1 is 1.00 bits per heavy atom. The second kappa shape index (κ2) is 10.4. The second-order valence-electron chi connectivity index (χ2n) is 13.5. The van der Waals surface area contributed by atoms with Crippen LogP contribution in [0.4, 0.5) is 0 Å². The minimum Gasteiger partial charge on any atom is -0.459 e. The van der Waals surface area contributed by atoms with Crippen LogP contribution in [-0.4, -0.2) is 135 Å². The lowest BCUT2D eigenvalue weighted by molar-refractivity contribution is -0.191. The molecular weight excluding hydrogens is 574 g/mol. The molecule has 2 spiro atoms. The van der Waals surface area contributed by atoms with Crippen LogP contribution in [0.5, 0.6) is 0 Å². The predicted molar refractivity (Wildman–Crippen MR) is 140 cm³/mol. The van der Waals surface area contributed by atoms with E-state index in [1.54, 1.807) is 7.05 Å². The third-order valence-corrected chi connectivity index (χ3v) is 10.0. The number of esters is 3. The van der Waals surface area contributed by atoms with Crippen LogP contribution in [0.15, 0.2) is 11.1 Å². The van der Waals surface area contributed by atoms with Gasteiger partial charge in [0.2, 0.25) is 11.9 Å². The van der Waals surface area contributed by atoms with Gasteiger partial charge in [-0.15, -0.1) is 0 Å². The molecule has 5 fully saturated rings. The van der Waals surface area contributed by atoms with Crippen LogP contribution in [0.25, 0.3) is 0 Å². The summed E-state index contributed by atoms with van der Waals surface area (Å²) in [5.41, 5.74) is -4.45. The van der Waals surface area contributed by atoms with Crippen LogP contribution < -0.4 is 5.32 Å². The molecule has 2 saturated carbocycles. The molecule has 6 rings (SSSR count). The number of rotatable bonds is 7. The van der Waals surface area contributed by atoms with E-state index in [1.807, 2.05) is 20.8 Å². The van der Waals surface area contributed by atoms with Gasteiger partial charge in [-0.3, -0.25) is 0 Å². The Hall–Kier alpha value is -2.21. The van der Waals surface area contributed by atoms with Gasteiger partial charge in [0.05, 0.1) is 23.5 Å². The van der Waals surface area contributed by atoms with Crippen molar-refractivity contribution < 1.29 is 69.1 Å². The highest BCUT2D eigenvalue weighted by Crippen LogP contribution is 2.82. The third kappa shape index (κ3) is 3.89. The molecule has 0 aromatic heterocycles. The largest absolute Gasteiger partial charge is 0.459 e. The maximum atomic E-state index is 13.3. The molecule has 242 valence electrons. The number of ether oxygens (including phenoxy) is 4. The molecular formula is C28H41NO14. The molecule has 0 radical (unpaired) electrons. The fourth-order valence-corrected chi connectivity index (χ4v) is 8.61. The summed E-state index contributed by atoms with van der Waals surface area (Å²) in [7, 11) is 1.57. The van der Waals surface area contributed by atoms with E-state index in [0.29, 0.717) is 12.8 Å². The third-order valence-electron chi connectivity index (χ3n) is 10.0. The zero-order chi connectivity index (χ0) is 32.0. The SMILES string of the molecule is CC1=C2C(OC1=O)[C@@H](O)[C@]13C4C[C@H](CC(C)(C)C)C15C(OC(=O)C5O)OC23C(=O)O4.CNC[C@H](O)[C@@H](O)[C@H](O)[C@H](O)CO. The summed E-state index contributed by atoms with van der Waals surface area (Å²) in [6.07, 6.45) is -10.8. The Morgan fingerprint density at radius 3 is 2.21 bits per heavy atom. The van der Waals surface area contributed by atoms with Crippen molar-refractivity contribution in [3.05, 3.63) is 11.1 Å². The number of aliphatic hydroxyl groups is 7. The molecule has 13 atom stereocenters. The summed E-state index contributed by atoms with van der Waals surface area (Å²) in [5.74, 6) is -2.53. The van der Waals surface area contributed by atoms with E-state index in [1.165, 1.54) is 6.92 Å². The Balaban J connectivity index is 0.000000242. The van der Waals surface area contributed by atoms with Crippen LogP contribution in [-0.2, 0) is 33.3 Å². The Kier molecular flexibility index (Phi) is 7.80. The van der Waals surface area contributed by atoms with Gasteiger partial charge in [0.1, 0.15) is 30.5 Å². The fraction of sp³-hybridized carbons (Fsp3) is 0.821. The van der Waals surface area contributed by atoms with Crippen molar-refractivity contribution in [3.8, 4) is 0 Å². The van der Waals surface area contributed by atoms with Gasteiger partial charge in [0.15, 0.2) is 12.2 Å². The highest BCUT2D eigenvalue weighted by molar-refractivity contribution is 6.00. The van der Waals surface area contributed by atoms with Gasteiger partial charge in [-0.25, -0.2) is 14.4 Å². The van der Waals surface area contributed by atoms with Gasteiger partial charge < -0.3 is 60.0 Å². The number of aliphatic hydroxyl groups excluding tert-OH is 7. The number of carbonyl (C=O) groups is 3. The Bertz CT molecular complexity index is 1220. The molecule has 8 N–H and O–H groups in total. The van der Waals surface area contributed by atoms with Crippen molar-refractivity contribution in [1.29, 1.82) is 0 Å². The van der Waals surface area contributed by atoms with Crippen LogP contribution in [0, 0.1) is 22.2 Å². The maximum absolute atomic E-state index is 13.3. The molecule has 15 nitrogen and oxygen atoms in total. The molecule has 4 heterocycles. The molecule has 0 aromatic carbocycles. The first-order valence-electron chi connectivity index (χ1n) is 14.3. The van der Waals surface area contributed by atoms with Gasteiger partial charge >= 0.3 is 17.9 Å². The standard InChI is InChI=1S/C21H24O9.C7H17NO5/c1-7-10-11(28-14(7)24)12(22)20-9-5-8(6-18(2,3)4)19(20)13(23)15(25)29-17(19)30-21(10,20)16(26)27-9;1-8-2-4(10)6(12)7(13)5(11)3-9/h8-9,11-13,17,22-23H,5-6H2,1-4H3;4-13H,2-3H2,1H3/t8-,9?,11?,12-,13?,17?,19?,20-,21?;4-,5+,6+,7+/m10/s1. The second-order valence-corrected chi connectivity index (χ2v) is 13.5. The van der Waals surface area contributed by atoms with E-state index in [0.717, 1.165) is 0 Å². The minimum absolute atomic E-state index is 0.0936. The molecule has 3 saturated heterocycles. The van der Waals surface area contributed by atoms with Crippen molar-refractivity contribution >= 4 is 17.9 Å². The Labute approximate surface area is 247 Å². The molecule has 0 aromatic rings. The summed E-state index contributed by atoms with van der Waals surface area (Å²) in [5, 5.41) is 70.3. The number of carbonyl (C=O) groups excluding carboxylic acids is 3. The lowest BCUT2D eigenvalue weighted by atomic mass is 9.53. The summed E-state index contributed by atoms with van der Waals surface area (Å²) in [6, 6.07) is 0. The lowest BCUT2D eigenvalue weighted by Crippen LogP contribution is -2.61. The number of hydrogen-bond acceptors (Lipinski definition) is 15. The highest BCUT2D eigenvalue weighted by atomic mass is 16.7. The van der Waals surface area contributed by atoms with Gasteiger partial charge in [-0.05, 0) is 38.1 Å². The first kappa shape index (κ1) is 32.2. The van der Waals surface area contributed by atoms with Crippen LogP contribution in [0.2, 0.25) is 0 Å². The van der Waals surface area contributed by atoms with Gasteiger partial charge in [0.25, 0.3) is 0 Å². The molecule has 4 aliphatic heterocycles. The molecule has 6 unspecified atom stereocenters. The lowest BCUT2D eigenvalue weighted by Gasteiger charge is -2.44. The summed E-state index contributed by atoms with van der Waals surface area (Å²) >= 11 is 0. The molecule has 15 heteroatoms. The van der Waals surface area contributed by atoms with Crippen molar-refractivity contribution in [3.63, 3.8) is 0 Å². The Morgan fingerprint density at radius 2 is 1.63 bits per heavy atom. The van der Waals surface area contributed by atoms with Crippen LogP contribution in [0.1, 0.15) is 40.5 Å². The number of nitrogens with one attached hydrogen (secondary N) is 1. The van der Waals surface area contributed by atoms with E-state index in [2.05, 4.69) is 5.32 Å². The van der Waals surface area contributed by atoms with Crippen molar-refractivity contribution in [1.82, 2.24) is 5.32 Å². The van der Waals surface area contributed by atoms with E-state index in [4.69, 9.17) is 39.4 Å². The fourth-order valence-electron chi connectivity index (χ4n) is 8.61. The number of likely N-dealkylation sites (N-methyl/N-ethyl adjacent to an activating group) is 1. The van der Waals surface area contributed by atoms with Crippen LogP contribution in [0.3, 0.4) is 0 Å². The minimum atomic E-state index is -1.82. The van der Waals surface area contributed by atoms with Crippen molar-refractivity contribution in [2.45, 2.75) is 101 Å². The first-order chi connectivity index (χ1) is 20.0. The zero-order valence-corrected chi connectivity index (χ0v) is 24.6. The molecule has 6 aliphatic rings. The van der Waals surface area contributed by atoms with E-state index in [-0.39, 0.29) is 29.0 Å². The predicted octanol–water partition coefficient (Wildman–Crippen LogP) is -3.39. The smallest absolute Gasteiger partial charge is 0.344 e. The highest BCUT2D eigenvalue weighted by Gasteiger charge is 2.98. The average molecular weight is 616 g/mol. The summed E-state index contributed by atoms with van der Waals surface area (Å²) < 4.78 is 22.9. The normalized spacial score (nSPS) is 43.1. The number of hydrogen-bond donors (Lipinski definition) is 8. The van der Waals surface area contributed by atoms with Gasteiger partial charge in [0, 0.05) is 17.7 Å². The van der Waals surface area contributed by atoms with Gasteiger partial charge in [-0.1, -0.05) is 20.8 Å². The molecule has 2 aliphatic carbocycles. The summed E-state index contributed by atoms with van der Waals surface area (Å²) in [4.78, 5) is 38.1. The maximum Gasteiger partial charge on any atom is 0.344 e. The molecule has 0 amide bonds. The topological polar surface area (TPSA) is 242 Å². The van der Waals surface area contributed by atoms with Gasteiger partial charge in [-0.2, -0.15) is 0 Å². The van der Waals surface area contributed by atoms with Crippen LogP contribution >= 0.6 is 0 Å². The van der Waals surface area contributed by atoms with Crippen molar-refractivity contribution in [2.24, 2.45) is 22.2 Å². The average Bonchev–Trinajstić information content (AvgIpc) is 3.66. The van der Waals surface area contributed by atoms with E-state index < -0.39 is 96.1 Å². The zero-order valence-electron chi connectivity index (χ0n) is 24.6. The van der Waals surface area contributed by atoms with Crippen molar-refractivity contribution in [2.75, 3.05) is 20.2 Å². The van der Waals surface area contributed by atoms with E-state index in [9.17, 15) is 29.7 Å². The monoisotopic (exact) mass is 615 g/mol.